The summed E-state index contributed by atoms with van der Waals surface area (Å²) >= 11 is 4.53. The molecule has 0 saturated carbocycles. The Morgan fingerprint density at radius 2 is 1.86 bits per heavy atom. The second-order valence-corrected chi connectivity index (χ2v) is 8.88. The Hall–Kier alpha value is -3.51. The van der Waals surface area contributed by atoms with Crippen molar-refractivity contribution in [3.8, 4) is 17.1 Å². The first-order valence-corrected chi connectivity index (χ1v) is 11.8. The Labute approximate surface area is 210 Å². The molecule has 0 radical (unpaired) electrons. The van der Waals surface area contributed by atoms with Gasteiger partial charge in [-0.3, -0.25) is 14.3 Å². The fourth-order valence-corrected chi connectivity index (χ4v) is 4.08. The van der Waals surface area contributed by atoms with Gasteiger partial charge in [0.25, 0.3) is 5.91 Å². The molecule has 0 atom stereocenters. The molecule has 1 N–H and O–H groups in total. The highest BCUT2D eigenvalue weighted by molar-refractivity contribution is 9.10. The Bertz CT molecular complexity index is 1340. The van der Waals surface area contributed by atoms with E-state index in [0.29, 0.717) is 11.0 Å². The van der Waals surface area contributed by atoms with Gasteiger partial charge in [-0.25, -0.2) is 5.43 Å². The number of rotatable bonds is 7. The van der Waals surface area contributed by atoms with E-state index in [-0.39, 0.29) is 11.3 Å². The van der Waals surface area contributed by atoms with E-state index in [4.69, 9.17) is 0 Å². The molecule has 4 rings (SSSR count). The van der Waals surface area contributed by atoms with Crippen LogP contribution < -0.4 is 5.43 Å². The van der Waals surface area contributed by atoms with E-state index in [0.717, 1.165) is 39.8 Å². The summed E-state index contributed by atoms with van der Waals surface area (Å²) in [4.78, 5) is 16.4. The van der Waals surface area contributed by atoms with Gasteiger partial charge in [0.2, 0.25) is 0 Å². The second kappa shape index (κ2) is 10.8. The van der Waals surface area contributed by atoms with Gasteiger partial charge in [0.15, 0.2) is 11.0 Å². The largest absolute Gasteiger partial charge is 0.417 e. The minimum atomic E-state index is -4.52. The number of hydrogen-bond acceptors (Lipinski definition) is 6. The summed E-state index contributed by atoms with van der Waals surface area (Å²) in [6.07, 6.45) is -0.243. The minimum Gasteiger partial charge on any atom is -0.272 e. The summed E-state index contributed by atoms with van der Waals surface area (Å²) in [5.41, 5.74) is 2.79. The zero-order valence-corrected chi connectivity index (χ0v) is 20.2. The van der Waals surface area contributed by atoms with E-state index in [9.17, 15) is 18.0 Å². The molecule has 35 heavy (non-hydrogen) atoms. The second-order valence-electron chi connectivity index (χ2n) is 7.03. The van der Waals surface area contributed by atoms with E-state index in [2.05, 4.69) is 41.6 Å². The highest BCUT2D eigenvalue weighted by Gasteiger charge is 2.32. The van der Waals surface area contributed by atoms with Crippen LogP contribution in [0.5, 0.6) is 0 Å². The van der Waals surface area contributed by atoms with E-state index in [1.807, 2.05) is 30.3 Å². The molecule has 7 nitrogen and oxygen atoms in total. The van der Waals surface area contributed by atoms with Gasteiger partial charge < -0.3 is 0 Å². The standard InChI is InChI=1S/C23H16BrF3N6OS/c24-17-7-9-18(10-8-17)33-21(16-5-3-11-28-12-16)31-32-22(33)35-14-20(34)30-29-13-15-4-1-2-6-19(15)23(25,26)27/h1-13H,14H2,(H,30,34). The lowest BCUT2D eigenvalue weighted by Crippen LogP contribution is -2.20. The maximum Gasteiger partial charge on any atom is 0.417 e. The van der Waals surface area contributed by atoms with Crippen LogP contribution in [0, 0.1) is 0 Å². The Morgan fingerprint density at radius 3 is 2.57 bits per heavy atom. The lowest BCUT2D eigenvalue weighted by Gasteiger charge is -2.10. The fraction of sp³-hybridized carbons (Fsp3) is 0.0870. The number of thioether (sulfide) groups is 1. The third kappa shape index (κ3) is 6.14. The number of nitrogens with zero attached hydrogens (tertiary/aromatic N) is 5. The van der Waals surface area contributed by atoms with E-state index < -0.39 is 17.6 Å². The van der Waals surface area contributed by atoms with Crippen molar-refractivity contribution in [3.05, 3.63) is 88.7 Å². The minimum absolute atomic E-state index is 0.0834. The molecule has 12 heteroatoms. The lowest BCUT2D eigenvalue weighted by molar-refractivity contribution is -0.137. The molecular weight excluding hydrogens is 545 g/mol. The van der Waals surface area contributed by atoms with Gasteiger partial charge in [-0.1, -0.05) is 45.9 Å². The van der Waals surface area contributed by atoms with E-state index in [1.165, 1.54) is 18.2 Å². The zero-order valence-electron chi connectivity index (χ0n) is 17.8. The third-order valence-corrected chi connectivity index (χ3v) is 6.09. The van der Waals surface area contributed by atoms with Gasteiger partial charge in [0, 0.05) is 33.7 Å². The lowest BCUT2D eigenvalue weighted by atomic mass is 10.1. The number of carbonyl (C=O) groups excluding carboxylic acids is 1. The van der Waals surface area contributed by atoms with Crippen molar-refractivity contribution in [1.82, 2.24) is 25.2 Å². The van der Waals surface area contributed by atoms with E-state index in [1.54, 1.807) is 23.0 Å². The summed E-state index contributed by atoms with van der Waals surface area (Å²) in [5, 5.41) is 12.6. The molecule has 0 fully saturated rings. The summed E-state index contributed by atoms with van der Waals surface area (Å²) in [6, 6.07) is 16.1. The molecule has 178 valence electrons. The van der Waals surface area contributed by atoms with Gasteiger partial charge in [-0.05, 0) is 42.5 Å². The SMILES string of the molecule is O=C(CSc1nnc(-c2cccnc2)n1-c1ccc(Br)cc1)NN=Cc1ccccc1C(F)(F)F. The molecule has 0 aliphatic heterocycles. The van der Waals surface area contributed by atoms with Crippen LogP contribution in [0.25, 0.3) is 17.1 Å². The summed E-state index contributed by atoms with van der Waals surface area (Å²) < 4.78 is 42.0. The number of aromatic nitrogens is 4. The van der Waals surface area contributed by atoms with Gasteiger partial charge in [-0.2, -0.15) is 18.3 Å². The first kappa shape index (κ1) is 24.6. The van der Waals surface area contributed by atoms with Crippen LogP contribution in [0.15, 0.2) is 87.8 Å². The fourth-order valence-electron chi connectivity index (χ4n) is 3.07. The Balaban J connectivity index is 1.49. The number of carbonyl (C=O) groups is 1. The molecule has 2 aromatic carbocycles. The zero-order chi connectivity index (χ0) is 24.8. The quantitative estimate of drug-likeness (QED) is 0.187. The maximum absolute atomic E-state index is 13.1. The number of benzene rings is 2. The number of hydrogen-bond donors (Lipinski definition) is 1. The normalized spacial score (nSPS) is 11.7. The highest BCUT2D eigenvalue weighted by Crippen LogP contribution is 2.31. The summed E-state index contributed by atoms with van der Waals surface area (Å²) in [5.74, 6) is -0.0471. The van der Waals surface area contributed by atoms with Gasteiger partial charge in [0.05, 0.1) is 17.5 Å². The van der Waals surface area contributed by atoms with Crippen molar-refractivity contribution in [2.45, 2.75) is 11.3 Å². The first-order valence-electron chi connectivity index (χ1n) is 10.1. The predicted molar refractivity (Wildman–Crippen MR) is 130 cm³/mol. The molecule has 0 bridgehead atoms. The van der Waals surface area contributed by atoms with Crippen molar-refractivity contribution < 1.29 is 18.0 Å². The molecule has 2 heterocycles. The van der Waals surface area contributed by atoms with E-state index >= 15 is 0 Å². The maximum atomic E-state index is 13.1. The van der Waals surface area contributed by atoms with Crippen LogP contribution in [0.3, 0.4) is 0 Å². The third-order valence-electron chi connectivity index (χ3n) is 4.63. The van der Waals surface area contributed by atoms with Crippen LogP contribution in [0.4, 0.5) is 13.2 Å². The van der Waals surface area contributed by atoms with Gasteiger partial charge in [-0.15, -0.1) is 10.2 Å². The highest BCUT2D eigenvalue weighted by atomic mass is 79.9. The number of halogens is 4. The summed E-state index contributed by atoms with van der Waals surface area (Å²) in [6.45, 7) is 0. The number of alkyl halides is 3. The Morgan fingerprint density at radius 1 is 1.09 bits per heavy atom. The average Bonchev–Trinajstić information content (AvgIpc) is 3.27. The van der Waals surface area contributed by atoms with Crippen molar-refractivity contribution >= 4 is 39.8 Å². The molecule has 0 aliphatic carbocycles. The van der Waals surface area contributed by atoms with Crippen LogP contribution in [-0.2, 0) is 11.0 Å². The van der Waals surface area contributed by atoms with Crippen molar-refractivity contribution in [2.24, 2.45) is 5.10 Å². The van der Waals surface area contributed by atoms with Gasteiger partial charge in [0.1, 0.15) is 0 Å². The first-order chi connectivity index (χ1) is 16.8. The molecular formula is C23H16BrF3N6OS. The monoisotopic (exact) mass is 560 g/mol. The van der Waals surface area contributed by atoms with Crippen LogP contribution in [0.2, 0.25) is 0 Å². The van der Waals surface area contributed by atoms with Crippen molar-refractivity contribution in [3.63, 3.8) is 0 Å². The van der Waals surface area contributed by atoms with Gasteiger partial charge >= 0.3 is 6.18 Å². The molecule has 0 aliphatic rings. The van der Waals surface area contributed by atoms with Crippen LogP contribution in [-0.4, -0.2) is 37.6 Å². The number of amides is 1. The smallest absolute Gasteiger partial charge is 0.272 e. The molecule has 1 amide bonds. The topological polar surface area (TPSA) is 85.1 Å². The number of hydrazone groups is 1. The summed E-state index contributed by atoms with van der Waals surface area (Å²) in [7, 11) is 0. The molecule has 0 unspecified atom stereocenters. The number of pyridine rings is 1. The molecule has 0 spiro atoms. The average molecular weight is 561 g/mol. The van der Waals surface area contributed by atoms with Crippen LogP contribution >= 0.6 is 27.7 Å². The van der Waals surface area contributed by atoms with Crippen molar-refractivity contribution in [1.29, 1.82) is 0 Å². The molecule has 0 saturated heterocycles. The van der Waals surface area contributed by atoms with Crippen LogP contribution in [0.1, 0.15) is 11.1 Å². The number of nitrogens with one attached hydrogen (secondary N) is 1. The van der Waals surface area contributed by atoms with Crippen molar-refractivity contribution in [2.75, 3.05) is 5.75 Å². The molecule has 4 aromatic rings. The molecule has 2 aromatic heterocycles. The Kier molecular flexibility index (Phi) is 7.61. The predicted octanol–water partition coefficient (Wildman–Crippen LogP) is 5.35.